The molecule has 8 nitrogen and oxygen atoms in total. The molecule has 0 bridgehead atoms. The van der Waals surface area contributed by atoms with Crippen molar-refractivity contribution >= 4 is 17.3 Å². The summed E-state index contributed by atoms with van der Waals surface area (Å²) in [5.74, 6) is 0.241. The van der Waals surface area contributed by atoms with Gasteiger partial charge in [-0.3, -0.25) is 14.9 Å². The van der Waals surface area contributed by atoms with Gasteiger partial charge in [-0.15, -0.1) is 0 Å². The van der Waals surface area contributed by atoms with E-state index in [1.54, 1.807) is 20.3 Å². The van der Waals surface area contributed by atoms with Gasteiger partial charge in [-0.2, -0.15) is 0 Å². The number of carbonyl (C=O) groups excluding carboxylic acids is 1. The van der Waals surface area contributed by atoms with Crippen molar-refractivity contribution in [3.05, 3.63) is 63.7 Å². The Hall–Kier alpha value is -3.13. The SMILES string of the molecule is COCCNc1ccc([N+](=O)[O-])cc1C(=O)NCc1ccccc1OC. The second-order valence-corrected chi connectivity index (χ2v) is 5.40. The summed E-state index contributed by atoms with van der Waals surface area (Å²) in [6.07, 6.45) is 0. The van der Waals surface area contributed by atoms with Crippen LogP contribution < -0.4 is 15.4 Å². The summed E-state index contributed by atoms with van der Waals surface area (Å²) in [4.78, 5) is 23.1. The lowest BCUT2D eigenvalue weighted by Gasteiger charge is -2.13. The van der Waals surface area contributed by atoms with Crippen LogP contribution in [0, 0.1) is 10.1 Å². The fourth-order valence-corrected chi connectivity index (χ4v) is 2.40. The lowest BCUT2D eigenvalue weighted by molar-refractivity contribution is -0.384. The first-order valence-corrected chi connectivity index (χ1v) is 7.98. The number of nitrogens with one attached hydrogen (secondary N) is 2. The number of amides is 1. The largest absolute Gasteiger partial charge is 0.496 e. The van der Waals surface area contributed by atoms with Crippen LogP contribution in [0.4, 0.5) is 11.4 Å². The minimum atomic E-state index is -0.532. The van der Waals surface area contributed by atoms with E-state index < -0.39 is 10.8 Å². The number of benzene rings is 2. The van der Waals surface area contributed by atoms with Crippen LogP contribution in [0.3, 0.4) is 0 Å². The molecule has 0 aliphatic heterocycles. The zero-order valence-corrected chi connectivity index (χ0v) is 14.7. The van der Waals surface area contributed by atoms with Crippen LogP contribution in [0.1, 0.15) is 15.9 Å². The predicted molar refractivity (Wildman–Crippen MR) is 97.6 cm³/mol. The number of methoxy groups -OCH3 is 2. The van der Waals surface area contributed by atoms with Crippen molar-refractivity contribution in [3.63, 3.8) is 0 Å². The van der Waals surface area contributed by atoms with Crippen molar-refractivity contribution < 1.29 is 19.2 Å². The molecule has 0 radical (unpaired) electrons. The van der Waals surface area contributed by atoms with Crippen LogP contribution in [0.15, 0.2) is 42.5 Å². The van der Waals surface area contributed by atoms with Crippen molar-refractivity contribution in [2.24, 2.45) is 0 Å². The highest BCUT2D eigenvalue weighted by Gasteiger charge is 2.17. The van der Waals surface area contributed by atoms with Crippen LogP contribution in [0.2, 0.25) is 0 Å². The van der Waals surface area contributed by atoms with Gasteiger partial charge in [-0.1, -0.05) is 18.2 Å². The number of para-hydroxylation sites is 1. The Morgan fingerprint density at radius 1 is 1.19 bits per heavy atom. The van der Waals surface area contributed by atoms with Crippen molar-refractivity contribution in [2.75, 3.05) is 32.7 Å². The van der Waals surface area contributed by atoms with Crippen LogP contribution in [-0.2, 0) is 11.3 Å². The number of hydrogen-bond acceptors (Lipinski definition) is 6. The second kappa shape index (κ2) is 9.38. The zero-order chi connectivity index (χ0) is 18.9. The van der Waals surface area contributed by atoms with E-state index in [1.165, 1.54) is 18.2 Å². The van der Waals surface area contributed by atoms with Gasteiger partial charge in [0.1, 0.15) is 5.75 Å². The topological polar surface area (TPSA) is 103 Å². The predicted octanol–water partition coefficient (Wildman–Crippen LogP) is 2.59. The number of anilines is 1. The van der Waals surface area contributed by atoms with Gasteiger partial charge >= 0.3 is 0 Å². The average molecular weight is 359 g/mol. The molecular formula is C18H21N3O5. The first kappa shape index (κ1) is 19.2. The third kappa shape index (κ3) is 4.93. The Labute approximate surface area is 151 Å². The van der Waals surface area contributed by atoms with E-state index in [0.717, 1.165) is 5.56 Å². The first-order valence-electron chi connectivity index (χ1n) is 7.98. The number of nitro benzene ring substituents is 1. The Balaban J connectivity index is 2.19. The molecule has 0 unspecified atom stereocenters. The maximum atomic E-state index is 12.6. The molecule has 0 saturated carbocycles. The number of non-ortho nitro benzene ring substituents is 1. The van der Waals surface area contributed by atoms with Gasteiger partial charge in [-0.05, 0) is 12.1 Å². The molecule has 0 fully saturated rings. The molecule has 2 N–H and O–H groups in total. The van der Waals surface area contributed by atoms with Crippen molar-refractivity contribution in [1.82, 2.24) is 5.32 Å². The third-order valence-corrected chi connectivity index (χ3v) is 3.71. The molecule has 8 heteroatoms. The summed E-state index contributed by atoms with van der Waals surface area (Å²) in [5.41, 5.74) is 1.36. The van der Waals surface area contributed by atoms with E-state index in [0.29, 0.717) is 24.6 Å². The number of nitro groups is 1. The van der Waals surface area contributed by atoms with E-state index in [9.17, 15) is 14.9 Å². The Bertz CT molecular complexity index is 779. The molecule has 0 saturated heterocycles. The fourth-order valence-electron chi connectivity index (χ4n) is 2.40. The maximum Gasteiger partial charge on any atom is 0.270 e. The summed E-state index contributed by atoms with van der Waals surface area (Å²) < 4.78 is 10.2. The monoisotopic (exact) mass is 359 g/mol. The zero-order valence-electron chi connectivity index (χ0n) is 14.7. The van der Waals surface area contributed by atoms with Gasteiger partial charge in [0.2, 0.25) is 0 Å². The normalized spacial score (nSPS) is 10.2. The summed E-state index contributed by atoms with van der Waals surface area (Å²) in [6.45, 7) is 1.16. The van der Waals surface area contributed by atoms with Crippen LogP contribution in [0.25, 0.3) is 0 Å². The van der Waals surface area contributed by atoms with Gasteiger partial charge in [-0.25, -0.2) is 0 Å². The van der Waals surface area contributed by atoms with Crippen molar-refractivity contribution in [2.45, 2.75) is 6.54 Å². The number of nitrogens with zero attached hydrogens (tertiary/aromatic N) is 1. The number of carbonyl (C=O) groups is 1. The standard InChI is InChI=1S/C18H21N3O5/c1-25-10-9-19-16-8-7-14(21(23)24)11-15(16)18(22)20-12-13-5-3-4-6-17(13)26-2/h3-8,11,19H,9-10,12H2,1-2H3,(H,20,22). The summed E-state index contributed by atoms with van der Waals surface area (Å²) >= 11 is 0. The highest BCUT2D eigenvalue weighted by molar-refractivity contribution is 6.00. The Kier molecular flexibility index (Phi) is 6.92. The highest BCUT2D eigenvalue weighted by atomic mass is 16.6. The molecule has 0 aromatic heterocycles. The lowest BCUT2D eigenvalue weighted by atomic mass is 10.1. The Morgan fingerprint density at radius 3 is 2.65 bits per heavy atom. The third-order valence-electron chi connectivity index (χ3n) is 3.71. The second-order valence-electron chi connectivity index (χ2n) is 5.40. The van der Waals surface area contributed by atoms with Gasteiger partial charge < -0.3 is 20.1 Å². The molecule has 26 heavy (non-hydrogen) atoms. The molecule has 0 heterocycles. The van der Waals surface area contributed by atoms with E-state index in [4.69, 9.17) is 9.47 Å². The number of ether oxygens (including phenoxy) is 2. The Morgan fingerprint density at radius 2 is 1.96 bits per heavy atom. The van der Waals surface area contributed by atoms with E-state index in [2.05, 4.69) is 10.6 Å². The molecule has 0 spiro atoms. The van der Waals surface area contributed by atoms with Gasteiger partial charge in [0.25, 0.3) is 11.6 Å². The molecule has 1 amide bonds. The minimum Gasteiger partial charge on any atom is -0.496 e. The van der Waals surface area contributed by atoms with Crippen molar-refractivity contribution in [3.8, 4) is 5.75 Å². The molecule has 138 valence electrons. The van der Waals surface area contributed by atoms with E-state index in [-0.39, 0.29) is 17.8 Å². The minimum absolute atomic E-state index is 0.148. The molecule has 2 rings (SSSR count). The van der Waals surface area contributed by atoms with Crippen LogP contribution in [0.5, 0.6) is 5.75 Å². The van der Waals surface area contributed by atoms with Crippen LogP contribution >= 0.6 is 0 Å². The van der Waals surface area contributed by atoms with Gasteiger partial charge in [0, 0.05) is 43.6 Å². The molecule has 2 aromatic rings. The highest BCUT2D eigenvalue weighted by Crippen LogP contribution is 2.23. The molecule has 0 aliphatic rings. The maximum absolute atomic E-state index is 12.6. The average Bonchev–Trinajstić information content (AvgIpc) is 2.66. The first-order chi connectivity index (χ1) is 12.6. The smallest absolute Gasteiger partial charge is 0.270 e. The molecule has 0 atom stereocenters. The van der Waals surface area contributed by atoms with Crippen LogP contribution in [-0.4, -0.2) is 38.2 Å². The van der Waals surface area contributed by atoms with Crippen molar-refractivity contribution in [1.29, 1.82) is 0 Å². The molecule has 2 aromatic carbocycles. The quantitative estimate of drug-likeness (QED) is 0.405. The summed E-state index contributed by atoms with van der Waals surface area (Å²) in [6, 6.07) is 11.4. The van der Waals surface area contributed by atoms with E-state index in [1.807, 2.05) is 18.2 Å². The molecule has 0 aliphatic carbocycles. The fraction of sp³-hybridized carbons (Fsp3) is 0.278. The lowest BCUT2D eigenvalue weighted by Crippen LogP contribution is -2.24. The van der Waals surface area contributed by atoms with Gasteiger partial charge in [0.05, 0.1) is 24.2 Å². The summed E-state index contributed by atoms with van der Waals surface area (Å²) in [5, 5.41) is 16.9. The molecular weight excluding hydrogens is 338 g/mol. The van der Waals surface area contributed by atoms with E-state index >= 15 is 0 Å². The number of hydrogen-bond donors (Lipinski definition) is 2. The summed E-state index contributed by atoms with van der Waals surface area (Å²) in [7, 11) is 3.12. The van der Waals surface area contributed by atoms with Gasteiger partial charge in [0.15, 0.2) is 0 Å². The number of rotatable bonds is 9.